The smallest absolute Gasteiger partial charge is 0.259 e. The normalized spacial score (nSPS) is 10.6. The molecule has 0 radical (unpaired) electrons. The molecule has 0 fully saturated rings. The highest BCUT2D eigenvalue weighted by Gasteiger charge is 2.17. The van der Waals surface area contributed by atoms with Gasteiger partial charge in [0.05, 0.1) is 28.8 Å². The average Bonchev–Trinajstić information content (AvgIpc) is 3.13. The van der Waals surface area contributed by atoms with E-state index in [1.165, 1.54) is 5.56 Å². The van der Waals surface area contributed by atoms with Crippen molar-refractivity contribution in [3.8, 4) is 5.82 Å². The summed E-state index contributed by atoms with van der Waals surface area (Å²) in [7, 11) is 0. The second-order valence-corrected chi connectivity index (χ2v) is 6.73. The van der Waals surface area contributed by atoms with E-state index in [1.807, 2.05) is 80.6 Å². The van der Waals surface area contributed by atoms with Crippen molar-refractivity contribution in [2.75, 3.05) is 10.6 Å². The van der Waals surface area contributed by atoms with Crippen LogP contribution in [-0.2, 0) is 0 Å². The summed E-state index contributed by atoms with van der Waals surface area (Å²) in [4.78, 5) is 17.2. The third kappa shape index (κ3) is 4.01. The summed E-state index contributed by atoms with van der Waals surface area (Å²) in [5.74, 6) is 0.452. The van der Waals surface area contributed by atoms with Gasteiger partial charge in [0.1, 0.15) is 0 Å². The van der Waals surface area contributed by atoms with Crippen molar-refractivity contribution in [3.63, 3.8) is 0 Å². The van der Waals surface area contributed by atoms with Gasteiger partial charge in [0.15, 0.2) is 5.82 Å². The van der Waals surface area contributed by atoms with Crippen LogP contribution in [0.3, 0.4) is 0 Å². The highest BCUT2D eigenvalue weighted by atomic mass is 16.1. The minimum atomic E-state index is -0.220. The number of benzene rings is 2. The van der Waals surface area contributed by atoms with Gasteiger partial charge < -0.3 is 10.6 Å². The van der Waals surface area contributed by atoms with E-state index in [-0.39, 0.29) is 5.91 Å². The number of nitrogens with zero attached hydrogens (tertiary/aromatic N) is 3. The van der Waals surface area contributed by atoms with Crippen molar-refractivity contribution >= 4 is 23.0 Å². The molecule has 1 amide bonds. The lowest BCUT2D eigenvalue weighted by Crippen LogP contribution is -2.14. The first-order valence-corrected chi connectivity index (χ1v) is 9.32. The van der Waals surface area contributed by atoms with Crippen LogP contribution in [0, 0.1) is 13.8 Å². The SMILES string of the molecule is Cc1ccc(Nc2ccccc2NC(=O)c2cnn(-c3ccccn3)c2C)cc1. The number of amides is 1. The summed E-state index contributed by atoms with van der Waals surface area (Å²) in [5, 5.41) is 10.7. The molecule has 144 valence electrons. The van der Waals surface area contributed by atoms with Gasteiger partial charge in [0.25, 0.3) is 5.91 Å². The molecule has 0 aliphatic rings. The fraction of sp³-hybridized carbons (Fsp3) is 0.0870. The molecule has 2 aromatic carbocycles. The molecule has 29 heavy (non-hydrogen) atoms. The predicted molar refractivity (Wildman–Crippen MR) is 115 cm³/mol. The third-order valence-electron chi connectivity index (χ3n) is 4.63. The van der Waals surface area contributed by atoms with Gasteiger partial charge in [-0.3, -0.25) is 4.79 Å². The van der Waals surface area contributed by atoms with Crippen molar-refractivity contribution in [1.29, 1.82) is 0 Å². The lowest BCUT2D eigenvalue weighted by atomic mass is 10.2. The molecule has 0 bridgehead atoms. The van der Waals surface area contributed by atoms with Crippen LogP contribution in [0.25, 0.3) is 5.82 Å². The van der Waals surface area contributed by atoms with Crippen LogP contribution < -0.4 is 10.6 Å². The third-order valence-corrected chi connectivity index (χ3v) is 4.63. The van der Waals surface area contributed by atoms with Crippen molar-refractivity contribution in [3.05, 3.63) is 95.9 Å². The summed E-state index contributed by atoms with van der Waals surface area (Å²) in [6, 6.07) is 21.3. The van der Waals surface area contributed by atoms with E-state index in [0.717, 1.165) is 17.1 Å². The Kier molecular flexibility index (Phi) is 5.07. The van der Waals surface area contributed by atoms with Gasteiger partial charge in [-0.05, 0) is 50.2 Å². The highest BCUT2D eigenvalue weighted by Crippen LogP contribution is 2.26. The van der Waals surface area contributed by atoms with Gasteiger partial charge >= 0.3 is 0 Å². The quantitative estimate of drug-likeness (QED) is 0.515. The zero-order valence-electron chi connectivity index (χ0n) is 16.3. The highest BCUT2D eigenvalue weighted by molar-refractivity contribution is 6.06. The van der Waals surface area contributed by atoms with E-state index >= 15 is 0 Å². The number of carbonyl (C=O) groups excluding carboxylic acids is 1. The Bertz CT molecular complexity index is 1130. The van der Waals surface area contributed by atoms with Crippen LogP contribution in [0.2, 0.25) is 0 Å². The molecule has 0 aliphatic carbocycles. The number of nitrogens with one attached hydrogen (secondary N) is 2. The van der Waals surface area contributed by atoms with Crippen LogP contribution >= 0.6 is 0 Å². The molecule has 2 heterocycles. The maximum absolute atomic E-state index is 12.9. The minimum absolute atomic E-state index is 0.220. The number of carbonyl (C=O) groups is 1. The molecule has 2 aromatic heterocycles. The average molecular weight is 383 g/mol. The molecule has 0 aliphatic heterocycles. The van der Waals surface area contributed by atoms with Gasteiger partial charge in [-0.2, -0.15) is 5.10 Å². The lowest BCUT2D eigenvalue weighted by Gasteiger charge is -2.13. The van der Waals surface area contributed by atoms with E-state index in [0.29, 0.717) is 17.1 Å². The van der Waals surface area contributed by atoms with E-state index in [4.69, 9.17) is 0 Å². The van der Waals surface area contributed by atoms with Crippen molar-refractivity contribution < 1.29 is 4.79 Å². The number of anilines is 3. The Morgan fingerprint density at radius 3 is 2.34 bits per heavy atom. The molecular formula is C23H21N5O. The molecule has 6 heteroatoms. The molecule has 0 saturated heterocycles. The summed E-state index contributed by atoms with van der Waals surface area (Å²) in [6.45, 7) is 3.90. The standard InChI is InChI=1S/C23H21N5O/c1-16-10-12-18(13-11-16)26-20-7-3-4-8-21(20)27-23(29)19-15-25-28(17(19)2)22-9-5-6-14-24-22/h3-15,26H,1-2H3,(H,27,29). The summed E-state index contributed by atoms with van der Waals surface area (Å²) in [5.41, 5.74) is 4.89. The van der Waals surface area contributed by atoms with E-state index in [2.05, 4.69) is 20.7 Å². The summed E-state index contributed by atoms with van der Waals surface area (Å²) >= 11 is 0. The molecular weight excluding hydrogens is 362 g/mol. The Balaban J connectivity index is 1.57. The van der Waals surface area contributed by atoms with Gasteiger partial charge in [-0.15, -0.1) is 0 Å². The Morgan fingerprint density at radius 2 is 1.62 bits per heavy atom. The van der Waals surface area contributed by atoms with E-state index in [9.17, 15) is 4.79 Å². The molecule has 4 aromatic rings. The van der Waals surface area contributed by atoms with Crippen LogP contribution in [0.15, 0.2) is 79.1 Å². The van der Waals surface area contributed by atoms with Crippen LogP contribution in [-0.4, -0.2) is 20.7 Å². The fourth-order valence-electron chi connectivity index (χ4n) is 3.03. The van der Waals surface area contributed by atoms with Gasteiger partial charge in [0, 0.05) is 11.9 Å². The first-order valence-electron chi connectivity index (χ1n) is 9.32. The first-order chi connectivity index (χ1) is 14.1. The molecule has 0 unspecified atom stereocenters. The van der Waals surface area contributed by atoms with E-state index in [1.54, 1.807) is 17.1 Å². The zero-order valence-corrected chi connectivity index (χ0v) is 16.3. The number of pyridine rings is 1. The molecule has 4 rings (SSSR count). The predicted octanol–water partition coefficient (Wildman–Crippen LogP) is 4.88. The largest absolute Gasteiger partial charge is 0.354 e. The number of aryl methyl sites for hydroxylation is 1. The maximum Gasteiger partial charge on any atom is 0.259 e. The van der Waals surface area contributed by atoms with Crippen molar-refractivity contribution in [2.24, 2.45) is 0 Å². The second-order valence-electron chi connectivity index (χ2n) is 6.73. The van der Waals surface area contributed by atoms with Crippen LogP contribution in [0.5, 0.6) is 0 Å². The second kappa shape index (κ2) is 7.98. The summed E-state index contributed by atoms with van der Waals surface area (Å²) in [6.07, 6.45) is 3.26. The zero-order chi connectivity index (χ0) is 20.2. The number of hydrogen-bond acceptors (Lipinski definition) is 4. The van der Waals surface area contributed by atoms with Crippen LogP contribution in [0.1, 0.15) is 21.6 Å². The minimum Gasteiger partial charge on any atom is -0.354 e. The lowest BCUT2D eigenvalue weighted by molar-refractivity contribution is 0.102. The van der Waals surface area contributed by atoms with E-state index < -0.39 is 0 Å². The number of aromatic nitrogens is 3. The van der Waals surface area contributed by atoms with Gasteiger partial charge in [-0.25, -0.2) is 9.67 Å². The van der Waals surface area contributed by atoms with Gasteiger partial charge in [-0.1, -0.05) is 35.9 Å². The molecule has 0 atom stereocenters. The molecule has 6 nitrogen and oxygen atoms in total. The van der Waals surface area contributed by atoms with Crippen molar-refractivity contribution in [2.45, 2.75) is 13.8 Å². The first kappa shape index (κ1) is 18.4. The number of hydrogen-bond donors (Lipinski definition) is 2. The monoisotopic (exact) mass is 383 g/mol. The Morgan fingerprint density at radius 1 is 0.897 bits per heavy atom. The number of para-hydroxylation sites is 2. The maximum atomic E-state index is 12.9. The fourth-order valence-corrected chi connectivity index (χ4v) is 3.03. The Labute approximate surface area is 169 Å². The van der Waals surface area contributed by atoms with Crippen LogP contribution in [0.4, 0.5) is 17.1 Å². The van der Waals surface area contributed by atoms with Gasteiger partial charge in [0.2, 0.25) is 0 Å². The van der Waals surface area contributed by atoms with Crippen molar-refractivity contribution in [1.82, 2.24) is 14.8 Å². The number of rotatable bonds is 5. The topological polar surface area (TPSA) is 71.8 Å². The Hall–Kier alpha value is -3.93. The summed E-state index contributed by atoms with van der Waals surface area (Å²) < 4.78 is 1.66. The molecule has 0 saturated carbocycles. The molecule has 2 N–H and O–H groups in total. The molecule has 0 spiro atoms.